The van der Waals surface area contributed by atoms with Crippen molar-refractivity contribution in [1.82, 2.24) is 19.7 Å². The highest BCUT2D eigenvalue weighted by atomic mass is 32.2. The molecule has 0 aliphatic heterocycles. The van der Waals surface area contributed by atoms with Crippen molar-refractivity contribution < 1.29 is 9.53 Å². The van der Waals surface area contributed by atoms with Crippen molar-refractivity contribution in [1.29, 1.82) is 0 Å². The van der Waals surface area contributed by atoms with Crippen LogP contribution in [0.2, 0.25) is 0 Å². The van der Waals surface area contributed by atoms with E-state index in [1.54, 1.807) is 7.11 Å². The molecule has 0 saturated carbocycles. The summed E-state index contributed by atoms with van der Waals surface area (Å²) in [6.45, 7) is 5.16. The summed E-state index contributed by atoms with van der Waals surface area (Å²) in [4.78, 5) is 15.8. The van der Waals surface area contributed by atoms with Gasteiger partial charge in [-0.15, -0.1) is 10.2 Å². The molecule has 0 aliphatic rings. The van der Waals surface area contributed by atoms with Gasteiger partial charge in [-0.2, -0.15) is 0 Å². The first-order valence-corrected chi connectivity index (χ1v) is 11.0. The average molecular weight is 436 g/mol. The molecule has 0 radical (unpaired) electrons. The number of aromatic amines is 1. The van der Waals surface area contributed by atoms with Crippen LogP contribution in [0.1, 0.15) is 11.1 Å². The van der Waals surface area contributed by atoms with Crippen LogP contribution in [0.25, 0.3) is 22.3 Å². The first-order valence-electron chi connectivity index (χ1n) is 10.1. The van der Waals surface area contributed by atoms with E-state index in [4.69, 9.17) is 4.74 Å². The van der Waals surface area contributed by atoms with Crippen LogP contribution in [0, 0.1) is 13.8 Å². The molecule has 0 bridgehead atoms. The second kappa shape index (κ2) is 9.36. The van der Waals surface area contributed by atoms with Crippen molar-refractivity contribution >= 4 is 34.3 Å². The normalized spacial score (nSPS) is 11.2. The summed E-state index contributed by atoms with van der Waals surface area (Å²) >= 11 is 1.37. The highest BCUT2D eigenvalue weighted by Gasteiger charge is 2.18. The predicted octanol–water partition coefficient (Wildman–Crippen LogP) is 4.42. The third-order valence-electron chi connectivity index (χ3n) is 5.28. The maximum absolute atomic E-state index is 12.6. The molecule has 31 heavy (non-hydrogen) atoms. The first kappa shape index (κ1) is 21.1. The van der Waals surface area contributed by atoms with Crippen LogP contribution < -0.4 is 5.32 Å². The molecule has 1 amide bonds. The number of aromatic nitrogens is 4. The van der Waals surface area contributed by atoms with Gasteiger partial charge in [-0.3, -0.25) is 9.36 Å². The van der Waals surface area contributed by atoms with Crippen molar-refractivity contribution in [3.8, 4) is 11.4 Å². The van der Waals surface area contributed by atoms with E-state index in [9.17, 15) is 4.79 Å². The second-order valence-corrected chi connectivity index (χ2v) is 8.23. The zero-order chi connectivity index (χ0) is 21.8. The lowest BCUT2D eigenvalue weighted by Crippen LogP contribution is -2.16. The van der Waals surface area contributed by atoms with Crippen LogP contribution in [0.5, 0.6) is 0 Å². The van der Waals surface area contributed by atoms with Gasteiger partial charge in [0.2, 0.25) is 5.91 Å². The minimum atomic E-state index is -0.0753. The fraction of sp³-hybridized carbons (Fsp3) is 0.261. The molecule has 8 heteroatoms. The summed E-state index contributed by atoms with van der Waals surface area (Å²) in [6, 6.07) is 14.0. The Balaban J connectivity index is 1.54. The van der Waals surface area contributed by atoms with Crippen molar-refractivity contribution in [3.05, 3.63) is 59.8 Å². The van der Waals surface area contributed by atoms with E-state index in [0.29, 0.717) is 18.3 Å². The lowest BCUT2D eigenvalue weighted by Gasteiger charge is -2.11. The van der Waals surface area contributed by atoms with E-state index in [1.807, 2.05) is 61.0 Å². The lowest BCUT2D eigenvalue weighted by atomic mass is 10.1. The van der Waals surface area contributed by atoms with E-state index in [2.05, 4.69) is 26.6 Å². The molecule has 2 aromatic carbocycles. The fourth-order valence-electron chi connectivity index (χ4n) is 3.44. The maximum Gasteiger partial charge on any atom is 0.234 e. The van der Waals surface area contributed by atoms with Gasteiger partial charge in [0.05, 0.1) is 18.9 Å². The molecule has 0 unspecified atom stereocenters. The Kier molecular flexibility index (Phi) is 6.39. The number of ether oxygens (including phenoxy) is 1. The van der Waals surface area contributed by atoms with Gasteiger partial charge >= 0.3 is 0 Å². The topological polar surface area (TPSA) is 84.8 Å². The number of carbonyl (C=O) groups is 1. The number of carbonyl (C=O) groups excluding carboxylic acids is 1. The van der Waals surface area contributed by atoms with Crippen LogP contribution in [-0.2, 0) is 16.1 Å². The highest BCUT2D eigenvalue weighted by molar-refractivity contribution is 7.99. The summed E-state index contributed by atoms with van der Waals surface area (Å²) in [6.07, 6.45) is 1.94. The van der Waals surface area contributed by atoms with Crippen molar-refractivity contribution in [2.45, 2.75) is 25.5 Å². The average Bonchev–Trinajstić information content (AvgIpc) is 3.37. The number of thioether (sulfide) groups is 1. The maximum atomic E-state index is 12.6. The Morgan fingerprint density at radius 2 is 2.00 bits per heavy atom. The third kappa shape index (κ3) is 4.50. The molecule has 0 saturated heterocycles. The molecule has 7 nitrogen and oxygen atoms in total. The van der Waals surface area contributed by atoms with Gasteiger partial charge < -0.3 is 15.0 Å². The van der Waals surface area contributed by atoms with Gasteiger partial charge in [0.25, 0.3) is 0 Å². The number of nitrogens with zero attached hydrogens (tertiary/aromatic N) is 3. The van der Waals surface area contributed by atoms with E-state index in [-0.39, 0.29) is 11.7 Å². The van der Waals surface area contributed by atoms with Gasteiger partial charge in [0.15, 0.2) is 11.0 Å². The van der Waals surface area contributed by atoms with Crippen LogP contribution >= 0.6 is 11.8 Å². The highest BCUT2D eigenvalue weighted by Crippen LogP contribution is 2.30. The fourth-order valence-corrected chi connectivity index (χ4v) is 4.20. The van der Waals surface area contributed by atoms with Crippen LogP contribution in [0.4, 0.5) is 5.69 Å². The monoisotopic (exact) mass is 435 g/mol. The molecule has 0 fully saturated rings. The van der Waals surface area contributed by atoms with Gasteiger partial charge in [-0.1, -0.05) is 42.1 Å². The van der Waals surface area contributed by atoms with E-state index >= 15 is 0 Å². The quantitative estimate of drug-likeness (QED) is 0.400. The summed E-state index contributed by atoms with van der Waals surface area (Å²) in [5.41, 5.74) is 5.08. The Bertz CT molecular complexity index is 1210. The zero-order valence-electron chi connectivity index (χ0n) is 17.8. The summed E-state index contributed by atoms with van der Waals surface area (Å²) in [5, 5.41) is 13.6. The number of hydrogen-bond donors (Lipinski definition) is 2. The van der Waals surface area contributed by atoms with E-state index in [1.165, 1.54) is 11.8 Å². The Hall–Kier alpha value is -3.10. The molecule has 4 aromatic rings. The summed E-state index contributed by atoms with van der Waals surface area (Å²) in [5.74, 6) is 0.924. The van der Waals surface area contributed by atoms with Crippen molar-refractivity contribution in [2.24, 2.45) is 0 Å². The number of aryl methyl sites for hydroxylation is 1. The molecule has 2 aromatic heterocycles. The molecule has 0 atom stereocenters. The number of H-pyrrole nitrogens is 1. The van der Waals surface area contributed by atoms with Crippen LogP contribution in [0.15, 0.2) is 53.8 Å². The smallest absolute Gasteiger partial charge is 0.234 e. The molecular weight excluding hydrogens is 410 g/mol. The lowest BCUT2D eigenvalue weighted by molar-refractivity contribution is -0.113. The largest absolute Gasteiger partial charge is 0.383 e. The van der Waals surface area contributed by atoms with Crippen molar-refractivity contribution in [3.63, 3.8) is 0 Å². The number of fused-ring (bicyclic) bond motifs is 1. The molecule has 4 rings (SSSR count). The van der Waals surface area contributed by atoms with Crippen LogP contribution in [0.3, 0.4) is 0 Å². The number of methoxy groups -OCH3 is 1. The Morgan fingerprint density at radius 1 is 1.16 bits per heavy atom. The molecule has 0 aliphatic carbocycles. The van der Waals surface area contributed by atoms with Gasteiger partial charge in [0, 0.05) is 35.5 Å². The number of nitrogens with one attached hydrogen (secondary N) is 2. The molecule has 2 N–H and O–H groups in total. The number of para-hydroxylation sites is 1. The standard InChI is InChI=1S/C23H25N5O2S/c1-15-7-6-10-19(16(15)2)25-21(29)14-31-23-27-26-22(28(23)11-12-30-3)18-13-24-20-9-5-4-8-17(18)20/h4-10,13,24H,11-12,14H2,1-3H3,(H,25,29). The first-order chi connectivity index (χ1) is 15.1. The molecule has 160 valence electrons. The second-order valence-electron chi connectivity index (χ2n) is 7.28. The van der Waals surface area contributed by atoms with Gasteiger partial charge in [-0.05, 0) is 37.1 Å². The number of benzene rings is 2. The minimum Gasteiger partial charge on any atom is -0.383 e. The Morgan fingerprint density at radius 3 is 2.84 bits per heavy atom. The third-order valence-corrected chi connectivity index (χ3v) is 6.24. The number of anilines is 1. The molecule has 0 spiro atoms. The van der Waals surface area contributed by atoms with Gasteiger partial charge in [0.1, 0.15) is 0 Å². The van der Waals surface area contributed by atoms with E-state index < -0.39 is 0 Å². The molecule has 2 heterocycles. The number of rotatable bonds is 8. The zero-order valence-corrected chi connectivity index (χ0v) is 18.6. The summed E-state index contributed by atoms with van der Waals surface area (Å²) in [7, 11) is 1.67. The predicted molar refractivity (Wildman–Crippen MR) is 124 cm³/mol. The summed E-state index contributed by atoms with van der Waals surface area (Å²) < 4.78 is 7.30. The van der Waals surface area contributed by atoms with Crippen molar-refractivity contribution in [2.75, 3.05) is 24.8 Å². The molecular formula is C23H25N5O2S. The SMILES string of the molecule is COCCn1c(SCC(=O)Nc2cccc(C)c2C)nnc1-c1c[nH]c2ccccc12. The van der Waals surface area contributed by atoms with Gasteiger partial charge in [-0.25, -0.2) is 0 Å². The minimum absolute atomic E-state index is 0.0753. The van der Waals surface area contributed by atoms with Crippen LogP contribution in [-0.4, -0.2) is 45.1 Å². The van der Waals surface area contributed by atoms with E-state index in [0.717, 1.165) is 39.1 Å². The number of hydrogen-bond acceptors (Lipinski definition) is 5. The Labute approximate surface area is 185 Å². The number of amides is 1.